The molecule has 8 aromatic rings. The van der Waals surface area contributed by atoms with Crippen LogP contribution in [0.25, 0.3) is 28.1 Å². The van der Waals surface area contributed by atoms with E-state index >= 15 is 0 Å². The fraction of sp³-hybridized carbons (Fsp3) is 0.303. The summed E-state index contributed by atoms with van der Waals surface area (Å²) < 4.78 is 38.0. The van der Waals surface area contributed by atoms with Gasteiger partial charge in [-0.15, -0.1) is 68.0 Å². The van der Waals surface area contributed by atoms with E-state index in [0.717, 1.165) is 74.0 Å². The van der Waals surface area contributed by atoms with Crippen LogP contribution in [0.15, 0.2) is 162 Å². The molecule has 0 radical (unpaired) electrons. The van der Waals surface area contributed by atoms with Crippen molar-refractivity contribution in [2.45, 2.75) is 119 Å². The molecule has 0 aliphatic carbocycles. The van der Waals surface area contributed by atoms with Gasteiger partial charge in [0.05, 0.1) is 33.5 Å². The zero-order valence-electron chi connectivity index (χ0n) is 52.7. The smallest absolute Gasteiger partial charge is 1.00 e. The molecular weight excluding hydrogens is 1630 g/mol. The second-order valence-electron chi connectivity index (χ2n) is 23.5. The third-order valence-electron chi connectivity index (χ3n) is 12.2. The minimum atomic E-state index is -4.94. The Labute approximate surface area is 617 Å². The van der Waals surface area contributed by atoms with E-state index in [2.05, 4.69) is 167 Å². The Balaban J connectivity index is 0.00000154. The first-order valence-corrected chi connectivity index (χ1v) is 33.6. The second-order valence-corrected chi connectivity index (χ2v) is 29.5. The molecule has 0 bridgehead atoms. The third-order valence-corrected chi connectivity index (χ3v) is 14.2. The molecule has 498 valence electrons. The van der Waals surface area contributed by atoms with Crippen LogP contribution in [0.2, 0.25) is 0 Å². The summed E-state index contributed by atoms with van der Waals surface area (Å²) in [5.74, 6) is -0.0121. The Morgan fingerprint density at radius 1 is 0.435 bits per heavy atom. The van der Waals surface area contributed by atoms with Crippen molar-refractivity contribution in [3.8, 4) is 34.3 Å². The number of nitrogens with zero attached hydrogens (tertiary/aromatic N) is 7. The summed E-state index contributed by atoms with van der Waals surface area (Å²) in [5.41, 5.74) is 12.2. The van der Waals surface area contributed by atoms with Crippen molar-refractivity contribution in [3.05, 3.63) is 202 Å². The number of rotatable bonds is 8. The molecular formula is C66H70Br4Cl5Co2N7O8. The molecule has 0 unspecified atom stereocenters. The van der Waals surface area contributed by atoms with E-state index in [-0.39, 0.29) is 77.4 Å². The van der Waals surface area contributed by atoms with Crippen molar-refractivity contribution in [1.29, 1.82) is 0 Å². The zero-order valence-corrected chi connectivity index (χ0v) is 64.9. The summed E-state index contributed by atoms with van der Waals surface area (Å²) in [6, 6.07) is 35.2. The molecule has 4 heterocycles. The van der Waals surface area contributed by atoms with E-state index in [0.29, 0.717) is 33.9 Å². The molecule has 0 N–H and O–H groups in total. The van der Waals surface area contributed by atoms with Crippen LogP contribution in [-0.2, 0) is 55.2 Å². The van der Waals surface area contributed by atoms with Crippen molar-refractivity contribution in [3.63, 3.8) is 0 Å². The monoisotopic (exact) mass is 1700 g/mol. The van der Waals surface area contributed by atoms with Gasteiger partial charge in [-0.3, -0.25) is 29.9 Å². The largest absolute Gasteiger partial charge is 3.00 e. The van der Waals surface area contributed by atoms with Gasteiger partial charge in [-0.25, -0.2) is 18.6 Å². The van der Waals surface area contributed by atoms with Gasteiger partial charge in [0.2, 0.25) is 0 Å². The van der Waals surface area contributed by atoms with Crippen molar-refractivity contribution >= 4 is 145 Å². The molecule has 0 saturated carbocycles. The Morgan fingerprint density at radius 2 is 0.685 bits per heavy atom. The van der Waals surface area contributed by atoms with Gasteiger partial charge in [-0.2, -0.15) is 0 Å². The number of alkyl halides is 4. The molecule has 4 aromatic heterocycles. The summed E-state index contributed by atoms with van der Waals surface area (Å²) in [6.07, 6.45) is 10.4. The van der Waals surface area contributed by atoms with E-state index in [4.69, 9.17) is 90.9 Å². The first kappa shape index (κ1) is 88.4. The predicted molar refractivity (Wildman–Crippen MR) is 365 cm³/mol. The van der Waals surface area contributed by atoms with Gasteiger partial charge in [0.15, 0.2) is 0 Å². The van der Waals surface area contributed by atoms with Gasteiger partial charge in [0.1, 0.15) is 0 Å². The number of aromatic nitrogens is 4. The number of aryl methyl sites for hydroxylation is 2. The van der Waals surface area contributed by atoms with Crippen molar-refractivity contribution < 1.29 is 83.2 Å². The molecule has 15 nitrogen and oxygen atoms in total. The van der Waals surface area contributed by atoms with Crippen molar-refractivity contribution in [1.82, 2.24) is 19.9 Å². The Bertz CT molecular complexity index is 3320. The summed E-state index contributed by atoms with van der Waals surface area (Å²) in [4.78, 5) is 26.7. The van der Waals surface area contributed by atoms with E-state index < -0.39 is 10.2 Å². The topological polar surface area (TPSA) is 275 Å². The van der Waals surface area contributed by atoms with Gasteiger partial charge >= 0.3 is 33.6 Å². The maximum atomic E-state index is 13.6. The second kappa shape index (κ2) is 41.5. The molecule has 0 aliphatic heterocycles. The summed E-state index contributed by atoms with van der Waals surface area (Å²) in [7, 11) is -4.94. The predicted octanol–water partition coefficient (Wildman–Crippen LogP) is 14.5. The Hall–Kier alpha value is -3.64. The van der Waals surface area contributed by atoms with E-state index in [1.165, 1.54) is 0 Å². The van der Waals surface area contributed by atoms with Gasteiger partial charge in [-0.1, -0.05) is 207 Å². The normalized spacial score (nSPS) is 11.2. The fourth-order valence-electron chi connectivity index (χ4n) is 7.72. The molecule has 0 saturated heterocycles. The molecule has 8 rings (SSSR count). The number of halogens is 9. The van der Waals surface area contributed by atoms with Crippen LogP contribution in [0.3, 0.4) is 0 Å². The molecule has 4 aromatic carbocycles. The first-order valence-electron chi connectivity index (χ1n) is 27.0. The third kappa shape index (κ3) is 31.9. The SMILES string of the molecule is Brc1ccnc(-c2cc(Br)ccn2)c1.Brc1ccnc(-c2cc(Br)ccn2)c1.Cc1ccc([N-]c2ccc(C)cc2N=Cc2cc(C(C)(C)C)cc(C(C)(C)C)c2[O-])c(N=Cc2cc(C(C)(C)C)cc(C(C)(C)C)c2[O-])c1.ClCCl.ClCCl.[Co+3].[Co+3].[O-][Cl+3]([O-])([O-])[O-].[O-][O-]. The van der Waals surface area contributed by atoms with E-state index in [1.807, 2.05) is 123 Å². The van der Waals surface area contributed by atoms with Crippen LogP contribution < -0.4 is 39.4 Å². The molecule has 92 heavy (non-hydrogen) atoms. The quantitative estimate of drug-likeness (QED) is 0.0594. The van der Waals surface area contributed by atoms with Crippen LogP contribution in [0.1, 0.15) is 128 Å². The molecule has 0 amide bonds. The molecule has 26 heteroatoms. The van der Waals surface area contributed by atoms with Gasteiger partial charge < -0.3 is 26.0 Å². The maximum Gasteiger partial charge on any atom is 3.00 e. The van der Waals surface area contributed by atoms with Crippen LogP contribution >= 0.6 is 110 Å². The minimum absolute atomic E-state index is 0. The van der Waals surface area contributed by atoms with Gasteiger partial charge in [0, 0.05) is 66.5 Å². The summed E-state index contributed by atoms with van der Waals surface area (Å²) >= 11 is 32.6. The molecule has 0 fully saturated rings. The minimum Gasteiger partial charge on any atom is -1.00 e. The van der Waals surface area contributed by atoms with E-state index in [9.17, 15) is 10.2 Å². The Morgan fingerprint density at radius 3 is 0.902 bits per heavy atom. The molecule has 0 spiro atoms. The van der Waals surface area contributed by atoms with Crippen molar-refractivity contribution in [2.75, 3.05) is 10.7 Å². The number of benzene rings is 4. The first-order chi connectivity index (χ1) is 41.8. The zero-order chi connectivity index (χ0) is 68.5. The number of pyridine rings is 4. The number of hydrogen-bond acceptors (Lipinski definition) is 14. The number of aliphatic imine (C=N–C) groups is 2. The van der Waals surface area contributed by atoms with E-state index in [1.54, 1.807) is 37.2 Å². The fourth-order valence-corrected chi connectivity index (χ4v) is 9.06. The molecule has 0 atom stereocenters. The average molecular weight is 1700 g/mol. The summed E-state index contributed by atoms with van der Waals surface area (Å²) in [6.45, 7) is 29.4. The average Bonchev–Trinajstić information content (AvgIpc) is 0.799. The Kier molecular flexibility index (Phi) is 39.8. The van der Waals surface area contributed by atoms with Crippen LogP contribution in [0, 0.1) is 24.1 Å². The van der Waals surface area contributed by atoms with Crippen LogP contribution in [0.5, 0.6) is 11.5 Å². The van der Waals surface area contributed by atoms with Crippen molar-refractivity contribution in [2.24, 2.45) is 9.98 Å². The number of hydrogen-bond donors (Lipinski definition) is 0. The van der Waals surface area contributed by atoms with Crippen LogP contribution in [0.4, 0.5) is 22.7 Å². The standard InChI is InChI=1S/C44H56N3O2.2C10H6Br2N2.2CH2Cl2.ClHO4.2Co.O2/c1-27-15-17-35(37(19-27)45-25-29-21-31(41(3,4)5)23-33(39(29)48)43(9,10)11)47-36-18-16-28(2)20-38(36)46-26-30-22-32(42(6,7)8)24-34(40(30)49)44(12,13)14;2*11-7-1-3-13-9(5-7)10-6-8(12)2-4-14-10;2*2-1-3;2-1(3,4)5;;;1-2/h15-26H,1-14H3,(H,45,48)(H,46,49);2*1-6H;2*1H2;(H,2,3,4,5);;;/q-1;;;;;;2*+3;-2/p-3. The molecule has 0 aliphatic rings. The van der Waals surface area contributed by atoms with Gasteiger partial charge in [0.25, 0.3) is 0 Å². The van der Waals surface area contributed by atoms with Gasteiger partial charge in [-0.05, 0) is 141 Å². The maximum absolute atomic E-state index is 13.6. The summed E-state index contributed by atoms with van der Waals surface area (Å²) in [5, 5.41) is 46.7. The van der Waals surface area contributed by atoms with Crippen LogP contribution in [-0.4, -0.2) is 43.0 Å².